The molecule has 4 atom stereocenters. The zero-order valence-corrected chi connectivity index (χ0v) is 16.1. The van der Waals surface area contributed by atoms with Crippen LogP contribution in [0, 0.1) is 17.8 Å². The number of amides is 1. The van der Waals surface area contributed by atoms with Gasteiger partial charge in [-0.1, -0.05) is 5.21 Å². The van der Waals surface area contributed by atoms with Gasteiger partial charge in [0.25, 0.3) is 0 Å². The molecule has 5 rings (SSSR count). The van der Waals surface area contributed by atoms with Crippen LogP contribution in [0.5, 0.6) is 0 Å². The minimum atomic E-state index is -0.988. The number of carboxylic acid groups (broad SMARTS) is 1. The van der Waals surface area contributed by atoms with Crippen LogP contribution in [0.2, 0.25) is 0 Å². The Kier molecular flexibility index (Phi) is 5.63. The van der Waals surface area contributed by atoms with E-state index in [1.165, 1.54) is 4.90 Å². The van der Waals surface area contributed by atoms with Crippen LogP contribution in [0.1, 0.15) is 31.4 Å². The molecule has 9 nitrogen and oxygen atoms in total. The summed E-state index contributed by atoms with van der Waals surface area (Å²) in [5, 5.41) is 28.3. The third kappa shape index (κ3) is 3.91. The van der Waals surface area contributed by atoms with Crippen molar-refractivity contribution in [3.8, 4) is 0 Å². The number of hydrogen-bond acceptors (Lipinski definition) is 6. The summed E-state index contributed by atoms with van der Waals surface area (Å²) in [6, 6.07) is 0.440. The van der Waals surface area contributed by atoms with Gasteiger partial charge in [-0.05, 0) is 18.8 Å². The molecule has 1 amide bonds. The number of aliphatic hydroxyl groups is 1. The highest BCUT2D eigenvalue weighted by Gasteiger charge is 2.47. The lowest BCUT2D eigenvalue weighted by Crippen LogP contribution is -3.20. The van der Waals surface area contributed by atoms with E-state index >= 15 is 0 Å². The smallest absolute Gasteiger partial charge is 0.231 e. The second-order valence-electron chi connectivity index (χ2n) is 8.52. The summed E-state index contributed by atoms with van der Waals surface area (Å²) in [5.74, 6) is -0.737. The van der Waals surface area contributed by atoms with E-state index in [9.17, 15) is 14.7 Å². The predicted octanol–water partition coefficient (Wildman–Crippen LogP) is -2.91. The average molecular weight is 391 g/mol. The number of carbonyl (C=O) groups excluding carboxylic acids is 2. The van der Waals surface area contributed by atoms with Gasteiger partial charge in [-0.2, -0.15) is 0 Å². The third-order valence-corrected chi connectivity index (χ3v) is 6.87. The molecule has 0 aliphatic carbocycles. The number of hydrogen-bond donors (Lipinski definition) is 2. The number of carbonyl (C=O) groups is 2. The second kappa shape index (κ2) is 8.16. The molecule has 5 heterocycles. The fourth-order valence-electron chi connectivity index (χ4n) is 5.25. The highest BCUT2D eigenvalue weighted by molar-refractivity contribution is 5.80. The van der Waals surface area contributed by atoms with E-state index in [0.29, 0.717) is 44.3 Å². The van der Waals surface area contributed by atoms with Crippen molar-refractivity contribution in [3.63, 3.8) is 0 Å². The number of aromatic nitrogens is 3. The van der Waals surface area contributed by atoms with Crippen molar-refractivity contribution in [1.82, 2.24) is 19.9 Å². The van der Waals surface area contributed by atoms with Crippen LogP contribution in [0.25, 0.3) is 0 Å². The molecular weight excluding hydrogens is 362 g/mol. The molecule has 0 saturated carbocycles. The van der Waals surface area contributed by atoms with E-state index in [2.05, 4.69) is 10.3 Å². The Morgan fingerprint density at radius 2 is 2.07 bits per heavy atom. The van der Waals surface area contributed by atoms with E-state index in [4.69, 9.17) is 5.11 Å². The number of piperidine rings is 4. The summed E-state index contributed by atoms with van der Waals surface area (Å²) in [6.07, 6.45) is 5.53. The van der Waals surface area contributed by atoms with E-state index in [1.54, 1.807) is 0 Å². The van der Waals surface area contributed by atoms with E-state index in [0.717, 1.165) is 38.2 Å². The summed E-state index contributed by atoms with van der Waals surface area (Å²) >= 11 is 0. The number of nitrogens with one attached hydrogen (secondary N) is 1. The second-order valence-corrected chi connectivity index (χ2v) is 8.52. The maximum Gasteiger partial charge on any atom is 0.231 e. The molecule has 1 aromatic rings. The number of quaternary nitrogens is 1. The van der Waals surface area contributed by atoms with Crippen LogP contribution in [0.15, 0.2) is 6.20 Å². The molecule has 4 aliphatic heterocycles. The molecule has 1 unspecified atom stereocenters. The molecule has 9 heteroatoms. The minimum Gasteiger partial charge on any atom is -0.550 e. The van der Waals surface area contributed by atoms with E-state index in [-0.39, 0.29) is 18.4 Å². The highest BCUT2D eigenvalue weighted by Crippen LogP contribution is 2.30. The zero-order chi connectivity index (χ0) is 19.7. The summed E-state index contributed by atoms with van der Waals surface area (Å²) in [6.45, 7) is 3.88. The number of nitrogens with zero attached hydrogens (tertiary/aromatic N) is 4. The van der Waals surface area contributed by atoms with Gasteiger partial charge in [-0.3, -0.25) is 4.79 Å². The average Bonchev–Trinajstić information content (AvgIpc) is 3.15. The minimum absolute atomic E-state index is 0.0557. The normalized spacial score (nSPS) is 30.5. The monoisotopic (exact) mass is 391 g/mol. The first-order valence-corrected chi connectivity index (χ1v) is 10.4. The Hall–Kier alpha value is -2.00. The Morgan fingerprint density at radius 1 is 1.29 bits per heavy atom. The molecule has 0 spiro atoms. The number of aliphatic carboxylic acids is 1. The Balaban J connectivity index is 1.33. The lowest BCUT2D eigenvalue weighted by Gasteiger charge is -2.47. The molecule has 4 fully saturated rings. The Labute approximate surface area is 164 Å². The van der Waals surface area contributed by atoms with Gasteiger partial charge in [-0.25, -0.2) is 4.68 Å². The molecule has 0 radical (unpaired) electrons. The predicted molar refractivity (Wildman–Crippen MR) is 95.8 cm³/mol. The summed E-state index contributed by atoms with van der Waals surface area (Å²) in [4.78, 5) is 27.4. The lowest BCUT2D eigenvalue weighted by atomic mass is 9.74. The SMILES string of the molecule is O=C([O-])C1CCN(C(=O)[C@H]2C[NH+]3CC[C@H]2C[C@@H]3Cn2cc(CCO)nn2)CC1. The van der Waals surface area contributed by atoms with Crippen LogP contribution in [-0.4, -0.2) is 75.7 Å². The Morgan fingerprint density at radius 3 is 2.71 bits per heavy atom. The topological polar surface area (TPSA) is 116 Å². The molecule has 2 N–H and O–H groups in total. The van der Waals surface area contributed by atoms with Crippen LogP contribution in [0.3, 0.4) is 0 Å². The van der Waals surface area contributed by atoms with Gasteiger partial charge < -0.3 is 24.8 Å². The Bertz CT molecular complexity index is 715. The van der Waals surface area contributed by atoms with Crippen molar-refractivity contribution in [2.75, 3.05) is 32.8 Å². The first-order chi connectivity index (χ1) is 13.5. The number of carboxylic acids is 1. The lowest BCUT2D eigenvalue weighted by molar-refractivity contribution is -0.945. The molecule has 28 heavy (non-hydrogen) atoms. The van der Waals surface area contributed by atoms with Crippen LogP contribution in [0.4, 0.5) is 0 Å². The molecule has 1 aromatic heterocycles. The van der Waals surface area contributed by atoms with Crippen molar-refractivity contribution < 1.29 is 24.7 Å². The van der Waals surface area contributed by atoms with Crippen LogP contribution in [-0.2, 0) is 22.6 Å². The van der Waals surface area contributed by atoms with E-state index < -0.39 is 11.9 Å². The van der Waals surface area contributed by atoms with Crippen molar-refractivity contribution in [2.24, 2.45) is 17.8 Å². The molecule has 2 bridgehead atoms. The fourth-order valence-corrected chi connectivity index (χ4v) is 5.25. The molecule has 0 aromatic carbocycles. The van der Waals surface area contributed by atoms with Crippen molar-refractivity contribution >= 4 is 11.9 Å². The van der Waals surface area contributed by atoms with E-state index in [1.807, 2.05) is 15.8 Å². The number of fused-ring (bicyclic) bond motifs is 3. The largest absolute Gasteiger partial charge is 0.550 e. The first kappa shape index (κ1) is 19.3. The quantitative estimate of drug-likeness (QED) is 0.537. The standard InChI is InChI=1S/C19H29N5O4/c25-8-4-15-10-24(21-20-15)11-16-9-14-3-7-23(16)12-17(14)18(26)22-5-1-13(2-6-22)19(27)28/h10,13-14,16-17,25H,1-9,11-12H2,(H,27,28)/t14-,16+,17-/m0/s1. The van der Waals surface area contributed by atoms with Gasteiger partial charge in [0.2, 0.25) is 5.91 Å². The van der Waals surface area contributed by atoms with Crippen molar-refractivity contribution in [1.29, 1.82) is 0 Å². The first-order valence-electron chi connectivity index (χ1n) is 10.4. The van der Waals surface area contributed by atoms with Gasteiger partial charge in [-0.15, -0.1) is 5.10 Å². The molecule has 154 valence electrons. The third-order valence-electron chi connectivity index (χ3n) is 6.87. The fraction of sp³-hybridized carbons (Fsp3) is 0.789. The van der Waals surface area contributed by atoms with Gasteiger partial charge in [0.1, 0.15) is 6.04 Å². The van der Waals surface area contributed by atoms with Crippen molar-refractivity contribution in [3.05, 3.63) is 11.9 Å². The molecule has 4 saturated heterocycles. The maximum atomic E-state index is 13.1. The maximum absolute atomic E-state index is 13.1. The summed E-state index contributed by atoms with van der Waals surface area (Å²) in [5.41, 5.74) is 0.807. The summed E-state index contributed by atoms with van der Waals surface area (Å²) < 4.78 is 1.87. The highest BCUT2D eigenvalue weighted by atomic mass is 16.4. The summed E-state index contributed by atoms with van der Waals surface area (Å²) in [7, 11) is 0. The number of likely N-dealkylation sites (tertiary alicyclic amines) is 1. The molecule has 4 aliphatic rings. The van der Waals surface area contributed by atoms with Gasteiger partial charge in [0, 0.05) is 57.0 Å². The van der Waals surface area contributed by atoms with Crippen LogP contribution < -0.4 is 10.0 Å². The van der Waals surface area contributed by atoms with Crippen LogP contribution >= 0.6 is 0 Å². The zero-order valence-electron chi connectivity index (χ0n) is 16.1. The number of aliphatic hydroxyl groups excluding tert-OH is 1. The number of rotatable bonds is 6. The van der Waals surface area contributed by atoms with Gasteiger partial charge >= 0.3 is 0 Å². The molecular formula is C19H29N5O4. The van der Waals surface area contributed by atoms with Gasteiger partial charge in [0.05, 0.1) is 31.2 Å². The van der Waals surface area contributed by atoms with Crippen molar-refractivity contribution in [2.45, 2.75) is 44.7 Å². The van der Waals surface area contributed by atoms with Gasteiger partial charge in [0.15, 0.2) is 0 Å².